The molecule has 7 heteroatoms. The zero-order valence-electron chi connectivity index (χ0n) is 18.2. The number of rotatable bonds is 5. The van der Waals surface area contributed by atoms with Gasteiger partial charge in [0.1, 0.15) is 0 Å². The van der Waals surface area contributed by atoms with Gasteiger partial charge in [-0.25, -0.2) is 0 Å². The summed E-state index contributed by atoms with van der Waals surface area (Å²) in [7, 11) is 1.48. The Balaban J connectivity index is 1.62. The predicted molar refractivity (Wildman–Crippen MR) is 119 cm³/mol. The fourth-order valence-corrected chi connectivity index (χ4v) is 4.63. The standard InChI is InChI=1S/C25H27N3O4/c1-26-22(30)16-25(24(26)32,17-23(31)28-13-5-12-27(18-29)14-15-28)21-10-8-20(9-11-21)19-6-3-2-4-7-19/h2-4,6-11,18H,5,12-17H2,1H3/t25-/m1/s1. The van der Waals surface area contributed by atoms with E-state index in [9.17, 15) is 19.2 Å². The maximum Gasteiger partial charge on any atom is 0.240 e. The average molecular weight is 434 g/mol. The molecule has 32 heavy (non-hydrogen) atoms. The minimum absolute atomic E-state index is 0.0208. The van der Waals surface area contributed by atoms with E-state index in [0.29, 0.717) is 38.2 Å². The van der Waals surface area contributed by atoms with Crippen LogP contribution in [0.1, 0.15) is 24.8 Å². The molecule has 2 aromatic rings. The molecular formula is C25H27N3O4. The third kappa shape index (κ3) is 4.02. The Morgan fingerprint density at radius 3 is 2.25 bits per heavy atom. The fraction of sp³-hybridized carbons (Fsp3) is 0.360. The van der Waals surface area contributed by atoms with E-state index in [4.69, 9.17) is 0 Å². The molecule has 2 heterocycles. The zero-order chi connectivity index (χ0) is 22.7. The molecule has 4 rings (SSSR count). The van der Waals surface area contributed by atoms with E-state index in [1.165, 1.54) is 7.05 Å². The highest BCUT2D eigenvalue weighted by Crippen LogP contribution is 2.40. The summed E-state index contributed by atoms with van der Waals surface area (Å²) in [6.45, 7) is 2.04. The molecule has 2 aliphatic heterocycles. The van der Waals surface area contributed by atoms with Crippen LogP contribution in [0.3, 0.4) is 0 Å². The van der Waals surface area contributed by atoms with E-state index < -0.39 is 5.41 Å². The Kier molecular flexibility index (Phi) is 6.08. The van der Waals surface area contributed by atoms with E-state index in [1.54, 1.807) is 9.80 Å². The van der Waals surface area contributed by atoms with Crippen LogP contribution in [0.15, 0.2) is 54.6 Å². The molecule has 2 saturated heterocycles. The van der Waals surface area contributed by atoms with E-state index in [-0.39, 0.29) is 30.6 Å². The first-order valence-corrected chi connectivity index (χ1v) is 10.9. The van der Waals surface area contributed by atoms with Gasteiger partial charge in [0.2, 0.25) is 24.1 Å². The Hall–Kier alpha value is -3.48. The highest BCUT2D eigenvalue weighted by Gasteiger charge is 2.52. The SMILES string of the molecule is CN1C(=O)C[C@@](CC(=O)N2CCCN(C=O)CC2)(c2ccc(-c3ccccc3)cc2)C1=O. The molecule has 0 aliphatic carbocycles. The lowest BCUT2D eigenvalue weighted by molar-refractivity contribution is -0.141. The van der Waals surface area contributed by atoms with Crippen LogP contribution in [0.25, 0.3) is 11.1 Å². The highest BCUT2D eigenvalue weighted by atomic mass is 16.2. The van der Waals surface area contributed by atoms with E-state index in [0.717, 1.165) is 22.4 Å². The maximum atomic E-state index is 13.3. The van der Waals surface area contributed by atoms with Crippen molar-refractivity contribution in [3.05, 3.63) is 60.2 Å². The molecule has 0 bridgehead atoms. The molecule has 0 spiro atoms. The summed E-state index contributed by atoms with van der Waals surface area (Å²) < 4.78 is 0. The Morgan fingerprint density at radius 1 is 0.938 bits per heavy atom. The average Bonchev–Trinajstić information content (AvgIpc) is 3.00. The Labute approximate surface area is 187 Å². The lowest BCUT2D eigenvalue weighted by Gasteiger charge is -2.30. The highest BCUT2D eigenvalue weighted by molar-refractivity contribution is 6.10. The van der Waals surface area contributed by atoms with Crippen LogP contribution < -0.4 is 0 Å². The van der Waals surface area contributed by atoms with Crippen molar-refractivity contribution in [2.45, 2.75) is 24.7 Å². The van der Waals surface area contributed by atoms with Crippen molar-refractivity contribution < 1.29 is 19.2 Å². The lowest BCUT2D eigenvalue weighted by Crippen LogP contribution is -2.43. The number of amides is 4. The summed E-state index contributed by atoms with van der Waals surface area (Å²) in [6.07, 6.45) is 1.41. The first-order valence-electron chi connectivity index (χ1n) is 10.9. The van der Waals surface area contributed by atoms with Crippen molar-refractivity contribution in [1.29, 1.82) is 0 Å². The van der Waals surface area contributed by atoms with Crippen LogP contribution in [-0.2, 0) is 24.6 Å². The van der Waals surface area contributed by atoms with Gasteiger partial charge < -0.3 is 9.80 Å². The van der Waals surface area contributed by atoms with E-state index >= 15 is 0 Å². The Morgan fingerprint density at radius 2 is 1.62 bits per heavy atom. The van der Waals surface area contributed by atoms with E-state index in [1.807, 2.05) is 54.6 Å². The molecule has 2 fully saturated rings. The van der Waals surface area contributed by atoms with Crippen LogP contribution in [0.4, 0.5) is 0 Å². The molecule has 2 aliphatic rings. The number of imide groups is 1. The van der Waals surface area contributed by atoms with Crippen molar-refractivity contribution >= 4 is 24.1 Å². The van der Waals surface area contributed by atoms with Crippen LogP contribution in [-0.4, -0.2) is 72.1 Å². The second-order valence-electron chi connectivity index (χ2n) is 8.51. The van der Waals surface area contributed by atoms with Gasteiger partial charge in [0.15, 0.2) is 0 Å². The number of carbonyl (C=O) groups excluding carboxylic acids is 4. The first kappa shape index (κ1) is 21.7. The monoisotopic (exact) mass is 433 g/mol. The zero-order valence-corrected chi connectivity index (χ0v) is 18.2. The summed E-state index contributed by atoms with van der Waals surface area (Å²) >= 11 is 0. The quantitative estimate of drug-likeness (QED) is 0.534. The Bertz CT molecular complexity index is 1020. The second kappa shape index (κ2) is 8.94. The minimum Gasteiger partial charge on any atom is -0.343 e. The largest absolute Gasteiger partial charge is 0.343 e. The van der Waals surface area contributed by atoms with Crippen molar-refractivity contribution in [3.63, 3.8) is 0 Å². The molecule has 0 saturated carbocycles. The van der Waals surface area contributed by atoms with Gasteiger partial charge in [-0.2, -0.15) is 0 Å². The van der Waals surface area contributed by atoms with Gasteiger partial charge in [0, 0.05) is 46.1 Å². The molecule has 0 radical (unpaired) electrons. The van der Waals surface area contributed by atoms with Gasteiger partial charge in [0.25, 0.3) is 0 Å². The fourth-order valence-electron chi connectivity index (χ4n) is 4.63. The normalized spacial score (nSPS) is 21.6. The van der Waals surface area contributed by atoms with Gasteiger partial charge in [-0.1, -0.05) is 54.6 Å². The lowest BCUT2D eigenvalue weighted by atomic mass is 9.75. The van der Waals surface area contributed by atoms with Crippen LogP contribution in [0.2, 0.25) is 0 Å². The predicted octanol–water partition coefficient (Wildman–Crippen LogP) is 2.06. The van der Waals surface area contributed by atoms with Gasteiger partial charge in [0.05, 0.1) is 5.41 Å². The molecule has 1 atom stereocenters. The second-order valence-corrected chi connectivity index (χ2v) is 8.51. The van der Waals surface area contributed by atoms with Crippen LogP contribution in [0.5, 0.6) is 0 Å². The summed E-state index contributed by atoms with van der Waals surface area (Å²) in [5.41, 5.74) is 1.54. The van der Waals surface area contributed by atoms with Crippen LogP contribution >= 0.6 is 0 Å². The molecule has 0 N–H and O–H groups in total. The van der Waals surface area contributed by atoms with Crippen LogP contribution in [0, 0.1) is 0 Å². The number of hydrogen-bond donors (Lipinski definition) is 0. The number of nitrogens with zero attached hydrogens (tertiary/aromatic N) is 3. The third-order valence-corrected chi connectivity index (χ3v) is 6.57. The number of carbonyl (C=O) groups is 4. The number of hydrogen-bond acceptors (Lipinski definition) is 4. The smallest absolute Gasteiger partial charge is 0.240 e. The summed E-state index contributed by atoms with van der Waals surface area (Å²) in [5, 5.41) is 0. The molecular weight excluding hydrogens is 406 g/mol. The number of likely N-dealkylation sites (tertiary alicyclic amines) is 1. The first-order chi connectivity index (χ1) is 15.4. The van der Waals surface area contributed by atoms with Crippen molar-refractivity contribution in [3.8, 4) is 11.1 Å². The molecule has 4 amide bonds. The third-order valence-electron chi connectivity index (χ3n) is 6.57. The minimum atomic E-state index is -1.20. The van der Waals surface area contributed by atoms with Crippen molar-refractivity contribution in [1.82, 2.24) is 14.7 Å². The molecule has 166 valence electrons. The maximum absolute atomic E-state index is 13.3. The summed E-state index contributed by atoms with van der Waals surface area (Å²) in [4.78, 5) is 54.6. The molecule has 0 unspecified atom stereocenters. The van der Waals surface area contributed by atoms with Gasteiger partial charge >= 0.3 is 0 Å². The number of benzene rings is 2. The van der Waals surface area contributed by atoms with Gasteiger partial charge in [-0.3, -0.25) is 24.1 Å². The van der Waals surface area contributed by atoms with Crippen molar-refractivity contribution in [2.75, 3.05) is 33.2 Å². The van der Waals surface area contributed by atoms with Gasteiger partial charge in [-0.05, 0) is 23.1 Å². The summed E-state index contributed by atoms with van der Waals surface area (Å²) in [5.74, 6) is -0.785. The topological polar surface area (TPSA) is 78.0 Å². The number of likely N-dealkylation sites (N-methyl/N-ethyl adjacent to an activating group) is 1. The molecule has 0 aromatic heterocycles. The van der Waals surface area contributed by atoms with E-state index in [2.05, 4.69) is 0 Å². The molecule has 2 aromatic carbocycles. The van der Waals surface area contributed by atoms with Crippen molar-refractivity contribution in [2.24, 2.45) is 0 Å². The molecule has 7 nitrogen and oxygen atoms in total. The van der Waals surface area contributed by atoms with Gasteiger partial charge in [-0.15, -0.1) is 0 Å². The summed E-state index contributed by atoms with van der Waals surface area (Å²) in [6, 6.07) is 17.5.